The molecule has 0 bridgehead atoms. The number of hydrogen-bond acceptors (Lipinski definition) is 2. The average Bonchev–Trinajstić information content (AvgIpc) is 2.72. The Morgan fingerprint density at radius 1 is 1.35 bits per heavy atom. The average molecular weight is 236 g/mol. The first-order valence-electron chi connectivity index (χ1n) is 6.55. The minimum absolute atomic E-state index is 0.130. The summed E-state index contributed by atoms with van der Waals surface area (Å²) >= 11 is 0. The number of benzene rings is 1. The van der Waals surface area contributed by atoms with Crippen LogP contribution in [0.3, 0.4) is 0 Å². The van der Waals surface area contributed by atoms with Crippen LogP contribution < -0.4 is 10.2 Å². The van der Waals surface area contributed by atoms with Gasteiger partial charge in [-0.2, -0.15) is 0 Å². The number of unbranched alkanes of at least 4 members (excludes halogenated alkanes) is 1. The van der Waals surface area contributed by atoms with Crippen LogP contribution in [-0.2, 0) is 6.42 Å². The van der Waals surface area contributed by atoms with Crippen molar-refractivity contribution < 1.29 is 4.39 Å². The van der Waals surface area contributed by atoms with Gasteiger partial charge in [0.15, 0.2) is 0 Å². The van der Waals surface area contributed by atoms with Gasteiger partial charge < -0.3 is 10.2 Å². The number of anilines is 1. The van der Waals surface area contributed by atoms with Gasteiger partial charge in [-0.25, -0.2) is 4.39 Å². The Bertz CT molecular complexity index is 365. The molecular formula is C14H21FN2. The molecule has 2 nitrogen and oxygen atoms in total. The van der Waals surface area contributed by atoms with Crippen LogP contribution in [0.25, 0.3) is 0 Å². The third-order valence-corrected chi connectivity index (χ3v) is 3.30. The van der Waals surface area contributed by atoms with Crippen molar-refractivity contribution in [3.63, 3.8) is 0 Å². The molecule has 0 radical (unpaired) electrons. The number of nitrogens with zero attached hydrogens (tertiary/aromatic N) is 1. The molecule has 0 fully saturated rings. The van der Waals surface area contributed by atoms with E-state index in [1.165, 1.54) is 18.4 Å². The second-order valence-corrected chi connectivity index (χ2v) is 4.61. The standard InChI is InChI=1S/C14H21FN2/c1-2-3-7-16-8-10-17-9-6-12-4-5-13(15)11-14(12)17/h4-5,11,16H,2-3,6-10H2,1H3. The first kappa shape index (κ1) is 12.4. The zero-order chi connectivity index (χ0) is 12.1. The van der Waals surface area contributed by atoms with Crippen LogP contribution in [0.5, 0.6) is 0 Å². The molecule has 1 N–H and O–H groups in total. The molecule has 1 aliphatic heterocycles. The number of nitrogens with one attached hydrogen (secondary N) is 1. The van der Waals surface area contributed by atoms with E-state index in [9.17, 15) is 4.39 Å². The fourth-order valence-corrected chi connectivity index (χ4v) is 2.29. The maximum atomic E-state index is 13.2. The molecule has 0 amide bonds. The summed E-state index contributed by atoms with van der Waals surface area (Å²) in [6, 6.07) is 5.13. The van der Waals surface area contributed by atoms with Crippen molar-refractivity contribution in [1.82, 2.24) is 5.32 Å². The van der Waals surface area contributed by atoms with E-state index in [2.05, 4.69) is 17.1 Å². The summed E-state index contributed by atoms with van der Waals surface area (Å²) in [6.07, 6.45) is 3.50. The van der Waals surface area contributed by atoms with E-state index in [4.69, 9.17) is 0 Å². The molecule has 0 saturated heterocycles. The Morgan fingerprint density at radius 2 is 2.24 bits per heavy atom. The van der Waals surface area contributed by atoms with Crippen molar-refractivity contribution in [2.45, 2.75) is 26.2 Å². The molecule has 1 heterocycles. The summed E-state index contributed by atoms with van der Waals surface area (Å²) < 4.78 is 13.2. The lowest BCUT2D eigenvalue weighted by Crippen LogP contribution is -2.31. The Labute approximate surface area is 103 Å². The lowest BCUT2D eigenvalue weighted by molar-refractivity contribution is 0.622. The molecule has 1 aromatic carbocycles. The number of rotatable bonds is 6. The van der Waals surface area contributed by atoms with E-state index in [1.54, 1.807) is 12.1 Å². The molecule has 0 unspecified atom stereocenters. The molecule has 0 aromatic heterocycles. The Hall–Kier alpha value is -1.09. The monoisotopic (exact) mass is 236 g/mol. The number of halogens is 1. The minimum atomic E-state index is -0.130. The Balaban J connectivity index is 1.82. The van der Waals surface area contributed by atoms with Crippen molar-refractivity contribution in [3.8, 4) is 0 Å². The molecule has 3 heteroatoms. The second kappa shape index (κ2) is 6.01. The summed E-state index contributed by atoms with van der Waals surface area (Å²) in [5, 5.41) is 3.42. The molecule has 17 heavy (non-hydrogen) atoms. The van der Waals surface area contributed by atoms with Gasteiger partial charge in [-0.15, -0.1) is 0 Å². The summed E-state index contributed by atoms with van der Waals surface area (Å²) in [5.41, 5.74) is 2.36. The highest BCUT2D eigenvalue weighted by atomic mass is 19.1. The molecule has 1 aromatic rings. The van der Waals surface area contributed by atoms with E-state index in [0.29, 0.717) is 0 Å². The zero-order valence-corrected chi connectivity index (χ0v) is 10.5. The van der Waals surface area contributed by atoms with E-state index < -0.39 is 0 Å². The van der Waals surface area contributed by atoms with Crippen LogP contribution in [-0.4, -0.2) is 26.2 Å². The normalized spacial score (nSPS) is 14.1. The predicted molar refractivity (Wildman–Crippen MR) is 70.1 cm³/mol. The molecule has 0 aliphatic carbocycles. The summed E-state index contributed by atoms with van der Waals surface area (Å²) in [5.74, 6) is -0.130. The van der Waals surface area contributed by atoms with Crippen LogP contribution in [0.2, 0.25) is 0 Å². The van der Waals surface area contributed by atoms with Crippen LogP contribution >= 0.6 is 0 Å². The van der Waals surface area contributed by atoms with Gasteiger partial charge in [-0.1, -0.05) is 19.4 Å². The van der Waals surface area contributed by atoms with Crippen LogP contribution in [0.4, 0.5) is 10.1 Å². The zero-order valence-electron chi connectivity index (χ0n) is 10.5. The highest BCUT2D eigenvalue weighted by Gasteiger charge is 2.18. The van der Waals surface area contributed by atoms with E-state index >= 15 is 0 Å². The van der Waals surface area contributed by atoms with E-state index in [0.717, 1.165) is 38.3 Å². The molecule has 0 spiro atoms. The van der Waals surface area contributed by atoms with Crippen molar-refractivity contribution in [3.05, 3.63) is 29.6 Å². The van der Waals surface area contributed by atoms with Gasteiger partial charge in [0.25, 0.3) is 0 Å². The first-order chi connectivity index (χ1) is 8.31. The highest BCUT2D eigenvalue weighted by molar-refractivity contribution is 5.58. The number of fused-ring (bicyclic) bond motifs is 1. The summed E-state index contributed by atoms with van der Waals surface area (Å²) in [7, 11) is 0. The highest BCUT2D eigenvalue weighted by Crippen LogP contribution is 2.27. The topological polar surface area (TPSA) is 15.3 Å². The quantitative estimate of drug-likeness (QED) is 0.764. The molecule has 2 rings (SSSR count). The van der Waals surface area contributed by atoms with Crippen LogP contribution in [0.1, 0.15) is 25.3 Å². The fourth-order valence-electron chi connectivity index (χ4n) is 2.29. The lowest BCUT2D eigenvalue weighted by Gasteiger charge is -2.19. The van der Waals surface area contributed by atoms with Gasteiger partial charge in [-0.3, -0.25) is 0 Å². The van der Waals surface area contributed by atoms with Gasteiger partial charge >= 0.3 is 0 Å². The van der Waals surface area contributed by atoms with E-state index in [-0.39, 0.29) is 5.82 Å². The maximum absolute atomic E-state index is 13.2. The van der Waals surface area contributed by atoms with Crippen LogP contribution in [0.15, 0.2) is 18.2 Å². The van der Waals surface area contributed by atoms with Crippen LogP contribution in [0, 0.1) is 5.82 Å². The van der Waals surface area contributed by atoms with Gasteiger partial charge in [0.1, 0.15) is 5.82 Å². The first-order valence-corrected chi connectivity index (χ1v) is 6.55. The number of hydrogen-bond donors (Lipinski definition) is 1. The largest absolute Gasteiger partial charge is 0.370 e. The molecule has 0 atom stereocenters. The van der Waals surface area contributed by atoms with E-state index in [1.807, 2.05) is 6.07 Å². The summed E-state index contributed by atoms with van der Waals surface area (Å²) in [6.45, 7) is 6.26. The second-order valence-electron chi connectivity index (χ2n) is 4.61. The minimum Gasteiger partial charge on any atom is -0.370 e. The van der Waals surface area contributed by atoms with Gasteiger partial charge in [0, 0.05) is 25.3 Å². The van der Waals surface area contributed by atoms with Gasteiger partial charge in [0.05, 0.1) is 0 Å². The molecular weight excluding hydrogens is 215 g/mol. The smallest absolute Gasteiger partial charge is 0.125 e. The van der Waals surface area contributed by atoms with Gasteiger partial charge in [0.2, 0.25) is 0 Å². The lowest BCUT2D eigenvalue weighted by atomic mass is 10.2. The Morgan fingerprint density at radius 3 is 3.06 bits per heavy atom. The Kier molecular flexibility index (Phi) is 4.37. The van der Waals surface area contributed by atoms with Gasteiger partial charge in [-0.05, 0) is 37.1 Å². The SMILES string of the molecule is CCCCNCCN1CCc2ccc(F)cc21. The predicted octanol–water partition coefficient (Wildman–Crippen LogP) is 2.58. The third kappa shape index (κ3) is 3.19. The maximum Gasteiger partial charge on any atom is 0.125 e. The molecule has 1 aliphatic rings. The van der Waals surface area contributed by atoms with Crippen molar-refractivity contribution in [2.24, 2.45) is 0 Å². The third-order valence-electron chi connectivity index (χ3n) is 3.30. The van der Waals surface area contributed by atoms with Crippen molar-refractivity contribution >= 4 is 5.69 Å². The van der Waals surface area contributed by atoms with Crippen molar-refractivity contribution in [1.29, 1.82) is 0 Å². The molecule has 94 valence electrons. The van der Waals surface area contributed by atoms with Crippen molar-refractivity contribution in [2.75, 3.05) is 31.1 Å². The fraction of sp³-hybridized carbons (Fsp3) is 0.571. The summed E-state index contributed by atoms with van der Waals surface area (Å²) in [4.78, 5) is 2.28. The molecule has 0 saturated carbocycles.